The van der Waals surface area contributed by atoms with Crippen molar-refractivity contribution in [2.75, 3.05) is 0 Å². The number of fused-ring (bicyclic) bond motifs is 1. The lowest BCUT2D eigenvalue weighted by atomic mass is 9.81. The fraction of sp³-hybridized carbons (Fsp3) is 0.429. The number of carbonyl (C=O) groups is 2. The third-order valence-corrected chi connectivity index (χ3v) is 3.68. The second-order valence-corrected chi connectivity index (χ2v) is 4.83. The molecule has 0 bridgehead atoms. The average molecular weight is 246 g/mol. The van der Waals surface area contributed by atoms with Crippen LogP contribution >= 0.6 is 0 Å². The van der Waals surface area contributed by atoms with Crippen molar-refractivity contribution in [3.8, 4) is 0 Å². The van der Waals surface area contributed by atoms with Crippen LogP contribution in [0.5, 0.6) is 0 Å². The fourth-order valence-corrected chi connectivity index (χ4v) is 2.84. The van der Waals surface area contributed by atoms with Gasteiger partial charge in [0.2, 0.25) is 11.8 Å². The highest BCUT2D eigenvalue weighted by Gasteiger charge is 2.34. The Hall–Kier alpha value is -1.84. The smallest absolute Gasteiger partial charge is 0.230 e. The summed E-state index contributed by atoms with van der Waals surface area (Å²) in [4.78, 5) is 23.0. The molecule has 2 amide bonds. The van der Waals surface area contributed by atoms with Crippen LogP contribution < -0.4 is 11.5 Å². The maximum atomic E-state index is 11.5. The summed E-state index contributed by atoms with van der Waals surface area (Å²) in [5.74, 6) is -2.31. The predicted octanol–water partition coefficient (Wildman–Crippen LogP) is 1.08. The second-order valence-electron chi connectivity index (χ2n) is 4.83. The van der Waals surface area contributed by atoms with Gasteiger partial charge in [-0.25, -0.2) is 0 Å². The summed E-state index contributed by atoms with van der Waals surface area (Å²) < 4.78 is 0. The molecule has 0 aromatic heterocycles. The maximum absolute atomic E-state index is 11.5. The lowest BCUT2D eigenvalue weighted by Gasteiger charge is -2.23. The van der Waals surface area contributed by atoms with Crippen molar-refractivity contribution in [1.29, 1.82) is 0 Å². The Bertz CT molecular complexity index is 457. The molecule has 4 N–H and O–H groups in total. The minimum Gasteiger partial charge on any atom is -0.369 e. The van der Waals surface area contributed by atoms with E-state index in [9.17, 15) is 9.59 Å². The largest absolute Gasteiger partial charge is 0.369 e. The van der Waals surface area contributed by atoms with E-state index in [1.54, 1.807) is 0 Å². The minimum atomic E-state index is -0.899. The molecule has 2 rings (SSSR count). The number of benzene rings is 1. The van der Waals surface area contributed by atoms with Gasteiger partial charge in [-0.15, -0.1) is 0 Å². The lowest BCUT2D eigenvalue weighted by molar-refractivity contribution is -0.132. The summed E-state index contributed by atoms with van der Waals surface area (Å²) >= 11 is 0. The molecule has 0 saturated carbocycles. The zero-order valence-corrected chi connectivity index (χ0v) is 10.3. The van der Waals surface area contributed by atoms with Gasteiger partial charge in [-0.05, 0) is 30.4 Å². The molecule has 0 heterocycles. The van der Waals surface area contributed by atoms with Crippen molar-refractivity contribution >= 4 is 11.8 Å². The first-order valence-corrected chi connectivity index (χ1v) is 6.27. The van der Waals surface area contributed by atoms with Gasteiger partial charge in [0.15, 0.2) is 0 Å². The van der Waals surface area contributed by atoms with E-state index in [0.29, 0.717) is 0 Å². The third-order valence-electron chi connectivity index (χ3n) is 3.68. The van der Waals surface area contributed by atoms with Crippen molar-refractivity contribution in [1.82, 2.24) is 0 Å². The fourth-order valence-electron chi connectivity index (χ4n) is 2.84. The SMILES string of the molecule is NC(=O)C(C(N)=O)C1CCCCc2ccccc21. The minimum absolute atomic E-state index is 0.168. The Labute approximate surface area is 106 Å². The first-order chi connectivity index (χ1) is 8.61. The molecule has 96 valence electrons. The maximum Gasteiger partial charge on any atom is 0.230 e. The van der Waals surface area contributed by atoms with Crippen molar-refractivity contribution in [2.45, 2.75) is 31.6 Å². The Morgan fingerprint density at radius 3 is 2.44 bits per heavy atom. The van der Waals surface area contributed by atoms with Crippen LogP contribution in [0.15, 0.2) is 24.3 Å². The topological polar surface area (TPSA) is 86.2 Å². The summed E-state index contributed by atoms with van der Waals surface area (Å²) in [5.41, 5.74) is 12.9. The van der Waals surface area contributed by atoms with Gasteiger partial charge >= 0.3 is 0 Å². The van der Waals surface area contributed by atoms with Gasteiger partial charge in [-0.1, -0.05) is 30.7 Å². The monoisotopic (exact) mass is 246 g/mol. The zero-order chi connectivity index (χ0) is 13.1. The summed E-state index contributed by atoms with van der Waals surface area (Å²) in [6.45, 7) is 0. The van der Waals surface area contributed by atoms with Gasteiger partial charge in [-0.3, -0.25) is 9.59 Å². The number of primary amides is 2. The number of hydrogen-bond acceptors (Lipinski definition) is 2. The zero-order valence-electron chi connectivity index (χ0n) is 10.3. The Morgan fingerprint density at radius 2 is 1.78 bits per heavy atom. The quantitative estimate of drug-likeness (QED) is 0.617. The number of rotatable bonds is 3. The van der Waals surface area contributed by atoms with Gasteiger partial charge in [0.1, 0.15) is 5.92 Å². The molecule has 1 aromatic carbocycles. The highest BCUT2D eigenvalue weighted by atomic mass is 16.2. The van der Waals surface area contributed by atoms with Gasteiger partial charge in [0.25, 0.3) is 0 Å². The molecule has 1 aromatic rings. The first-order valence-electron chi connectivity index (χ1n) is 6.27. The molecule has 0 aliphatic heterocycles. The highest BCUT2D eigenvalue weighted by molar-refractivity contribution is 5.99. The molecule has 18 heavy (non-hydrogen) atoms. The first kappa shape index (κ1) is 12.6. The molecule has 4 nitrogen and oxygen atoms in total. The number of carbonyl (C=O) groups excluding carboxylic acids is 2. The number of nitrogens with two attached hydrogens (primary N) is 2. The molecular formula is C14H18N2O2. The van der Waals surface area contributed by atoms with E-state index in [4.69, 9.17) is 11.5 Å². The van der Waals surface area contributed by atoms with Crippen LogP contribution in [0.2, 0.25) is 0 Å². The molecular weight excluding hydrogens is 228 g/mol. The van der Waals surface area contributed by atoms with E-state index in [0.717, 1.165) is 31.2 Å². The van der Waals surface area contributed by atoms with Crippen molar-refractivity contribution in [3.05, 3.63) is 35.4 Å². The normalized spacial score (nSPS) is 19.1. The second kappa shape index (κ2) is 5.21. The molecule has 0 fully saturated rings. The van der Waals surface area contributed by atoms with E-state index >= 15 is 0 Å². The van der Waals surface area contributed by atoms with E-state index in [1.807, 2.05) is 24.3 Å². The molecule has 4 heteroatoms. The van der Waals surface area contributed by atoms with Crippen LogP contribution in [0.4, 0.5) is 0 Å². The van der Waals surface area contributed by atoms with Crippen molar-refractivity contribution in [3.63, 3.8) is 0 Å². The average Bonchev–Trinajstić information content (AvgIpc) is 2.52. The molecule has 0 saturated heterocycles. The molecule has 1 aliphatic rings. The molecule has 0 spiro atoms. The van der Waals surface area contributed by atoms with Crippen molar-refractivity contribution in [2.24, 2.45) is 17.4 Å². The summed E-state index contributed by atoms with van der Waals surface area (Å²) in [5, 5.41) is 0. The van der Waals surface area contributed by atoms with Gasteiger partial charge in [0.05, 0.1) is 0 Å². The van der Waals surface area contributed by atoms with E-state index in [1.165, 1.54) is 5.56 Å². The van der Waals surface area contributed by atoms with Crippen molar-refractivity contribution < 1.29 is 9.59 Å². The van der Waals surface area contributed by atoms with Crippen LogP contribution in [0.25, 0.3) is 0 Å². The van der Waals surface area contributed by atoms with Crippen LogP contribution in [-0.2, 0) is 16.0 Å². The summed E-state index contributed by atoms with van der Waals surface area (Å²) in [6, 6.07) is 7.93. The van der Waals surface area contributed by atoms with Gasteiger partial charge < -0.3 is 11.5 Å². The van der Waals surface area contributed by atoms with Crippen LogP contribution in [0.3, 0.4) is 0 Å². The van der Waals surface area contributed by atoms with Gasteiger partial charge in [0, 0.05) is 5.92 Å². The molecule has 1 atom stereocenters. The predicted molar refractivity (Wildman–Crippen MR) is 68.6 cm³/mol. The Morgan fingerprint density at radius 1 is 1.11 bits per heavy atom. The van der Waals surface area contributed by atoms with Crippen LogP contribution in [-0.4, -0.2) is 11.8 Å². The van der Waals surface area contributed by atoms with Gasteiger partial charge in [-0.2, -0.15) is 0 Å². The lowest BCUT2D eigenvalue weighted by Crippen LogP contribution is -2.39. The molecule has 1 aliphatic carbocycles. The number of hydrogen-bond donors (Lipinski definition) is 2. The van der Waals surface area contributed by atoms with Crippen LogP contribution in [0.1, 0.15) is 36.3 Å². The van der Waals surface area contributed by atoms with E-state index < -0.39 is 17.7 Å². The number of aryl methyl sites for hydroxylation is 1. The van der Waals surface area contributed by atoms with E-state index in [2.05, 4.69) is 0 Å². The number of amides is 2. The standard InChI is InChI=1S/C14H18N2O2/c15-13(17)12(14(16)18)11-8-4-2-6-9-5-1-3-7-10(9)11/h1,3,5,7,11-12H,2,4,6,8H2,(H2,15,17)(H2,16,18). The molecule has 0 radical (unpaired) electrons. The van der Waals surface area contributed by atoms with Crippen LogP contribution in [0, 0.1) is 5.92 Å². The Balaban J connectivity index is 2.43. The van der Waals surface area contributed by atoms with E-state index in [-0.39, 0.29) is 5.92 Å². The highest BCUT2D eigenvalue weighted by Crippen LogP contribution is 2.35. The summed E-state index contributed by atoms with van der Waals surface area (Å²) in [6.07, 6.45) is 3.82. The Kier molecular flexibility index (Phi) is 3.65. The molecule has 1 unspecified atom stereocenters. The third kappa shape index (κ3) is 2.37. The summed E-state index contributed by atoms with van der Waals surface area (Å²) in [7, 11) is 0.